The van der Waals surface area contributed by atoms with Gasteiger partial charge >= 0.3 is 5.97 Å². The lowest BCUT2D eigenvalue weighted by Crippen LogP contribution is -2.10. The molecule has 0 radical (unpaired) electrons. The number of imidazole rings is 1. The Morgan fingerprint density at radius 2 is 1.93 bits per heavy atom. The number of ether oxygens (including phenoxy) is 2. The van der Waals surface area contributed by atoms with Gasteiger partial charge in [-0.2, -0.15) is 5.26 Å². The van der Waals surface area contributed by atoms with Gasteiger partial charge in [-0.25, -0.2) is 24.0 Å². The van der Waals surface area contributed by atoms with E-state index in [4.69, 9.17) is 21.0 Å². The van der Waals surface area contributed by atoms with E-state index < -0.39 is 11.8 Å². The second-order valence-electron chi connectivity index (χ2n) is 9.38. The van der Waals surface area contributed by atoms with Crippen molar-refractivity contribution >= 4 is 22.7 Å². The number of aromatic nitrogens is 3. The molecule has 9 nitrogen and oxygen atoms in total. The highest BCUT2D eigenvalue weighted by Gasteiger charge is 2.16. The van der Waals surface area contributed by atoms with Crippen LogP contribution in [0.3, 0.4) is 0 Å². The molecule has 2 heterocycles. The number of fused-ring (bicyclic) bond motifs is 1. The van der Waals surface area contributed by atoms with Gasteiger partial charge in [0.2, 0.25) is 5.88 Å². The molecule has 208 valence electrons. The van der Waals surface area contributed by atoms with Gasteiger partial charge in [-0.05, 0) is 42.0 Å². The highest BCUT2D eigenvalue weighted by molar-refractivity contribution is 5.92. The molecule has 0 aliphatic rings. The first-order valence-corrected chi connectivity index (χ1v) is 12.9. The van der Waals surface area contributed by atoms with E-state index in [1.807, 2.05) is 16.7 Å². The van der Waals surface area contributed by atoms with Crippen LogP contribution in [0.4, 0.5) is 10.1 Å². The molecule has 3 aromatic carbocycles. The van der Waals surface area contributed by atoms with Crippen molar-refractivity contribution in [2.45, 2.75) is 19.6 Å². The van der Waals surface area contributed by atoms with Crippen molar-refractivity contribution in [1.29, 1.82) is 5.26 Å². The average Bonchev–Trinajstić information content (AvgIpc) is 3.35. The molecule has 5 aromatic rings. The Balaban J connectivity index is 1.40. The van der Waals surface area contributed by atoms with Gasteiger partial charge < -0.3 is 19.1 Å². The number of carbonyl (C=O) groups is 1. The van der Waals surface area contributed by atoms with Crippen LogP contribution in [-0.2, 0) is 24.3 Å². The summed E-state index contributed by atoms with van der Waals surface area (Å²) in [5, 5.41) is 19.4. The zero-order valence-electron chi connectivity index (χ0n) is 22.5. The number of hydrogen-bond donors (Lipinski definition) is 1. The van der Waals surface area contributed by atoms with Gasteiger partial charge in [0.15, 0.2) is 5.69 Å². The Labute approximate surface area is 240 Å². The summed E-state index contributed by atoms with van der Waals surface area (Å²) in [5.74, 6) is -0.576. The van der Waals surface area contributed by atoms with Gasteiger partial charge in [-0.3, -0.25) is 0 Å². The summed E-state index contributed by atoms with van der Waals surface area (Å²) in [7, 11) is 1.59. The maximum absolute atomic E-state index is 14.2. The first kappa shape index (κ1) is 28.0. The molecule has 10 heteroatoms. The molecule has 0 amide bonds. The molecule has 42 heavy (non-hydrogen) atoms. The maximum atomic E-state index is 14.2. The van der Waals surface area contributed by atoms with Crippen LogP contribution in [0.15, 0.2) is 72.8 Å². The number of methoxy groups -OCH3 is 1. The molecule has 0 spiro atoms. The molecule has 0 unspecified atom stereocenters. The number of pyridine rings is 1. The number of aromatic carboxylic acids is 1. The minimum atomic E-state index is -1.02. The summed E-state index contributed by atoms with van der Waals surface area (Å²) in [5.41, 5.74) is 4.49. The zero-order valence-corrected chi connectivity index (χ0v) is 22.5. The fourth-order valence-electron chi connectivity index (χ4n) is 4.57. The SMILES string of the molecule is [C-]#[N+]c1ccc(COc2cccc(-c3ccc(Cc4nc5ccc(C(=O)O)cc5n4CCOC)c(C#N)c3)n2)c(F)c1. The highest BCUT2D eigenvalue weighted by atomic mass is 19.1. The summed E-state index contributed by atoms with van der Waals surface area (Å²) in [6.45, 7) is 7.82. The van der Waals surface area contributed by atoms with Gasteiger partial charge in [0, 0.05) is 37.3 Å². The number of nitrogens with zero attached hydrogens (tertiary/aromatic N) is 5. The monoisotopic (exact) mass is 561 g/mol. The summed E-state index contributed by atoms with van der Waals surface area (Å²) in [6.07, 6.45) is 0.346. The number of rotatable bonds is 10. The van der Waals surface area contributed by atoms with Crippen LogP contribution in [0, 0.1) is 23.7 Å². The Morgan fingerprint density at radius 3 is 2.67 bits per heavy atom. The minimum Gasteiger partial charge on any atom is -0.478 e. The van der Waals surface area contributed by atoms with Crippen LogP contribution >= 0.6 is 0 Å². The van der Waals surface area contributed by atoms with Crippen molar-refractivity contribution in [3.8, 4) is 23.2 Å². The largest absolute Gasteiger partial charge is 0.478 e. The van der Waals surface area contributed by atoms with Gasteiger partial charge in [0.05, 0.1) is 47.1 Å². The van der Waals surface area contributed by atoms with Crippen LogP contribution in [0.25, 0.3) is 27.1 Å². The smallest absolute Gasteiger partial charge is 0.335 e. The quantitative estimate of drug-likeness (QED) is 0.203. The number of halogens is 1. The van der Waals surface area contributed by atoms with Crippen molar-refractivity contribution in [3.05, 3.63) is 118 Å². The molecule has 1 N–H and O–H groups in total. The van der Waals surface area contributed by atoms with Gasteiger partial charge in [0.1, 0.15) is 18.2 Å². The molecule has 0 atom stereocenters. The lowest BCUT2D eigenvalue weighted by molar-refractivity contribution is 0.0697. The van der Waals surface area contributed by atoms with Crippen LogP contribution in [-0.4, -0.2) is 39.3 Å². The van der Waals surface area contributed by atoms with E-state index in [2.05, 4.69) is 15.9 Å². The van der Waals surface area contributed by atoms with E-state index in [-0.39, 0.29) is 23.7 Å². The maximum Gasteiger partial charge on any atom is 0.335 e. The number of carboxylic acid groups (broad SMARTS) is 1. The van der Waals surface area contributed by atoms with Crippen molar-refractivity contribution in [2.75, 3.05) is 13.7 Å². The standard InChI is InChI=1S/C32H24FN5O4/c1-35-25-10-8-23(26(33)17-25)19-42-31-5-3-4-27(37-31)21-7-6-20(24(14-21)18-34)16-30-36-28-11-9-22(32(39)40)15-29(28)38(30)12-13-41-2/h3-11,14-15,17H,12-13,16,19H2,2H3,(H,39,40). The van der Waals surface area contributed by atoms with Gasteiger partial charge in [-0.15, -0.1) is 0 Å². The third-order valence-electron chi connectivity index (χ3n) is 6.73. The molecule has 0 bridgehead atoms. The zero-order chi connectivity index (χ0) is 29.6. The van der Waals surface area contributed by atoms with Crippen molar-refractivity contribution in [2.24, 2.45) is 0 Å². The Kier molecular flexibility index (Phi) is 8.19. The fraction of sp³-hybridized carbons (Fsp3) is 0.156. The topological polar surface area (TPSA) is 115 Å². The van der Waals surface area contributed by atoms with E-state index in [0.29, 0.717) is 58.8 Å². The third kappa shape index (κ3) is 5.94. The molecule has 5 rings (SSSR count). The van der Waals surface area contributed by atoms with Crippen LogP contribution in [0.1, 0.15) is 32.9 Å². The predicted molar refractivity (Wildman–Crippen MR) is 153 cm³/mol. The molecule has 2 aromatic heterocycles. The van der Waals surface area contributed by atoms with E-state index in [9.17, 15) is 19.6 Å². The lowest BCUT2D eigenvalue weighted by Gasteiger charge is -2.11. The number of nitriles is 1. The molecule has 0 saturated carbocycles. The van der Waals surface area contributed by atoms with E-state index in [0.717, 1.165) is 5.56 Å². The van der Waals surface area contributed by atoms with Crippen molar-refractivity contribution < 1.29 is 23.8 Å². The number of benzene rings is 3. The number of carboxylic acids is 1. The fourth-order valence-corrected chi connectivity index (χ4v) is 4.57. The first-order valence-electron chi connectivity index (χ1n) is 12.9. The molecule has 0 aliphatic heterocycles. The van der Waals surface area contributed by atoms with E-state index in [1.54, 1.807) is 43.5 Å². The van der Waals surface area contributed by atoms with Crippen LogP contribution < -0.4 is 4.74 Å². The molecule has 0 fully saturated rings. The molecule has 0 aliphatic carbocycles. The second kappa shape index (κ2) is 12.3. The second-order valence-corrected chi connectivity index (χ2v) is 9.38. The highest BCUT2D eigenvalue weighted by Crippen LogP contribution is 2.27. The number of hydrogen-bond acceptors (Lipinski definition) is 6. The third-order valence-corrected chi connectivity index (χ3v) is 6.73. The normalized spacial score (nSPS) is 10.8. The van der Waals surface area contributed by atoms with E-state index in [1.165, 1.54) is 24.3 Å². The van der Waals surface area contributed by atoms with Gasteiger partial charge in [-0.1, -0.05) is 30.3 Å². The minimum absolute atomic E-state index is 0.0546. The first-order chi connectivity index (χ1) is 20.4. The van der Waals surface area contributed by atoms with Crippen LogP contribution in [0.2, 0.25) is 0 Å². The Hall–Kier alpha value is -5.58. The Morgan fingerprint density at radius 1 is 1.10 bits per heavy atom. The van der Waals surface area contributed by atoms with Gasteiger partial charge in [0.25, 0.3) is 0 Å². The average molecular weight is 562 g/mol. The van der Waals surface area contributed by atoms with Crippen molar-refractivity contribution in [1.82, 2.24) is 14.5 Å². The summed E-state index contributed by atoms with van der Waals surface area (Å²) in [6, 6.07) is 21.9. The van der Waals surface area contributed by atoms with Crippen molar-refractivity contribution in [3.63, 3.8) is 0 Å². The molecular formula is C32H24FN5O4. The Bertz CT molecular complexity index is 1890. The summed E-state index contributed by atoms with van der Waals surface area (Å²) >= 11 is 0. The summed E-state index contributed by atoms with van der Waals surface area (Å²) < 4.78 is 27.1. The van der Waals surface area contributed by atoms with Crippen LogP contribution in [0.5, 0.6) is 5.88 Å². The molecule has 0 saturated heterocycles. The lowest BCUT2D eigenvalue weighted by atomic mass is 10.00. The summed E-state index contributed by atoms with van der Waals surface area (Å²) in [4.78, 5) is 24.0. The molecular weight excluding hydrogens is 537 g/mol. The predicted octanol–water partition coefficient (Wildman–Crippen LogP) is 6.17. The van der Waals surface area contributed by atoms with E-state index >= 15 is 0 Å².